The van der Waals surface area contributed by atoms with E-state index in [-0.39, 0.29) is 18.4 Å². The number of nitrogens with zero attached hydrogens (tertiary/aromatic N) is 1. The maximum absolute atomic E-state index is 13.4. The monoisotopic (exact) mass is 318 g/mol. The third-order valence-corrected chi connectivity index (χ3v) is 4.06. The lowest BCUT2D eigenvalue weighted by Gasteiger charge is -2.23. The lowest BCUT2D eigenvalue weighted by Crippen LogP contribution is -2.35. The summed E-state index contributed by atoms with van der Waals surface area (Å²) in [7, 11) is -4.17. The zero-order valence-electron chi connectivity index (χ0n) is 12.1. The molecule has 0 bridgehead atoms. The molecule has 1 rings (SSSR count). The number of hydrogen-bond donors (Lipinski definition) is 2. The van der Waals surface area contributed by atoms with Gasteiger partial charge in [0.2, 0.25) is 5.03 Å². The van der Waals surface area contributed by atoms with Crippen molar-refractivity contribution in [1.29, 1.82) is 0 Å². The third kappa shape index (κ3) is 5.39. The van der Waals surface area contributed by atoms with Crippen LogP contribution in [0.4, 0.5) is 4.39 Å². The number of hydrogen-bond acceptors (Lipinski definition) is 4. The minimum atomic E-state index is -4.17. The second kappa shape index (κ2) is 6.48. The van der Waals surface area contributed by atoms with E-state index in [4.69, 9.17) is 5.11 Å². The van der Waals surface area contributed by atoms with Gasteiger partial charge in [-0.25, -0.2) is 22.5 Å². The Morgan fingerprint density at radius 2 is 2.10 bits per heavy atom. The summed E-state index contributed by atoms with van der Waals surface area (Å²) in [6, 6.07) is 2.25. The van der Waals surface area contributed by atoms with Crippen molar-refractivity contribution in [2.45, 2.75) is 32.2 Å². The molecule has 0 spiro atoms. The van der Waals surface area contributed by atoms with Crippen LogP contribution in [0, 0.1) is 17.2 Å². The molecular formula is C13H19FN2O4S. The minimum Gasteiger partial charge on any atom is -0.481 e. The van der Waals surface area contributed by atoms with Crippen LogP contribution in [0.3, 0.4) is 0 Å². The van der Waals surface area contributed by atoms with E-state index in [9.17, 15) is 17.6 Å². The first-order valence-electron chi connectivity index (χ1n) is 6.36. The van der Waals surface area contributed by atoms with Crippen LogP contribution in [0.1, 0.15) is 27.2 Å². The molecule has 0 saturated heterocycles. The van der Waals surface area contributed by atoms with Crippen LogP contribution in [0.2, 0.25) is 0 Å². The molecule has 0 fully saturated rings. The lowest BCUT2D eigenvalue weighted by atomic mass is 9.85. The van der Waals surface area contributed by atoms with Crippen LogP contribution >= 0.6 is 0 Å². The first kappa shape index (κ1) is 17.5. The van der Waals surface area contributed by atoms with Gasteiger partial charge in [-0.05, 0) is 24.0 Å². The Labute approximate surface area is 123 Å². The predicted molar refractivity (Wildman–Crippen MR) is 74.6 cm³/mol. The number of carboxylic acid groups (broad SMARTS) is 1. The maximum Gasteiger partial charge on any atom is 0.307 e. The third-order valence-electron chi connectivity index (χ3n) is 2.71. The summed E-state index contributed by atoms with van der Waals surface area (Å²) < 4.78 is 39.4. The standard InChI is InChI=1S/C13H19FN2O4S/c1-13(2,3)7-9(12(17)18)8-16-21(19,20)11-10(14)5-4-6-15-11/h4-6,9,16H,7-8H2,1-3H3,(H,17,18). The van der Waals surface area contributed by atoms with Crippen molar-refractivity contribution in [2.24, 2.45) is 11.3 Å². The molecule has 118 valence electrons. The molecule has 1 unspecified atom stereocenters. The second-order valence-electron chi connectivity index (χ2n) is 5.94. The number of nitrogens with one attached hydrogen (secondary N) is 1. The van der Waals surface area contributed by atoms with Gasteiger partial charge in [-0.15, -0.1) is 0 Å². The van der Waals surface area contributed by atoms with Crippen LogP contribution < -0.4 is 4.72 Å². The molecule has 21 heavy (non-hydrogen) atoms. The topological polar surface area (TPSA) is 96.4 Å². The van der Waals surface area contributed by atoms with Crippen molar-refractivity contribution in [3.63, 3.8) is 0 Å². The molecule has 0 aliphatic rings. The number of carbonyl (C=O) groups is 1. The first-order chi connectivity index (χ1) is 9.53. The fourth-order valence-corrected chi connectivity index (χ4v) is 2.92. The Morgan fingerprint density at radius 3 is 2.57 bits per heavy atom. The zero-order valence-corrected chi connectivity index (χ0v) is 12.9. The van der Waals surface area contributed by atoms with Crippen LogP contribution in [0.15, 0.2) is 23.4 Å². The summed E-state index contributed by atoms with van der Waals surface area (Å²) >= 11 is 0. The van der Waals surface area contributed by atoms with Gasteiger partial charge in [0.25, 0.3) is 10.0 Å². The van der Waals surface area contributed by atoms with Crippen LogP contribution in [0.5, 0.6) is 0 Å². The molecule has 1 aromatic heterocycles. The molecule has 1 aromatic rings. The lowest BCUT2D eigenvalue weighted by molar-refractivity contribution is -0.142. The Morgan fingerprint density at radius 1 is 1.48 bits per heavy atom. The summed E-state index contributed by atoms with van der Waals surface area (Å²) in [5.74, 6) is -2.98. The van der Waals surface area contributed by atoms with Gasteiger partial charge in [0.15, 0.2) is 5.82 Å². The highest BCUT2D eigenvalue weighted by Gasteiger charge is 2.28. The highest BCUT2D eigenvalue weighted by molar-refractivity contribution is 7.89. The Hall–Kier alpha value is -1.54. The van der Waals surface area contributed by atoms with Crippen molar-refractivity contribution < 1.29 is 22.7 Å². The molecule has 1 heterocycles. The van der Waals surface area contributed by atoms with Gasteiger partial charge in [0.1, 0.15) is 0 Å². The van der Waals surface area contributed by atoms with E-state index in [1.54, 1.807) is 0 Å². The fourth-order valence-electron chi connectivity index (χ4n) is 1.83. The summed E-state index contributed by atoms with van der Waals surface area (Å²) in [4.78, 5) is 14.6. The number of aliphatic carboxylic acids is 1. The average Bonchev–Trinajstić information content (AvgIpc) is 2.33. The minimum absolute atomic E-state index is 0.273. The molecule has 1 atom stereocenters. The van der Waals surface area contributed by atoms with E-state index in [0.717, 1.165) is 12.3 Å². The molecule has 8 heteroatoms. The number of carboxylic acids is 1. The quantitative estimate of drug-likeness (QED) is 0.831. The van der Waals surface area contributed by atoms with Gasteiger partial charge in [-0.2, -0.15) is 0 Å². The van der Waals surface area contributed by atoms with E-state index < -0.39 is 32.8 Å². The summed E-state index contributed by atoms with van der Waals surface area (Å²) in [6.45, 7) is 5.26. The Bertz CT molecular complexity index is 611. The molecule has 0 aromatic carbocycles. The predicted octanol–water partition coefficient (Wildman–Crippen LogP) is 1.64. The number of rotatable bonds is 6. The summed E-state index contributed by atoms with van der Waals surface area (Å²) in [5, 5.41) is 8.40. The van der Waals surface area contributed by atoms with E-state index in [0.29, 0.717) is 0 Å². The smallest absolute Gasteiger partial charge is 0.307 e. The Balaban J connectivity index is 2.85. The van der Waals surface area contributed by atoms with E-state index >= 15 is 0 Å². The maximum atomic E-state index is 13.4. The fraction of sp³-hybridized carbons (Fsp3) is 0.538. The SMILES string of the molecule is CC(C)(C)CC(CNS(=O)(=O)c1ncccc1F)C(=O)O. The van der Waals surface area contributed by atoms with Crippen LogP contribution in [-0.4, -0.2) is 31.0 Å². The number of pyridine rings is 1. The first-order valence-corrected chi connectivity index (χ1v) is 7.84. The summed E-state index contributed by atoms with van der Waals surface area (Å²) in [6.07, 6.45) is 1.44. The highest BCUT2D eigenvalue weighted by atomic mass is 32.2. The second-order valence-corrected chi connectivity index (χ2v) is 7.62. The van der Waals surface area contributed by atoms with Crippen molar-refractivity contribution >= 4 is 16.0 Å². The number of aromatic nitrogens is 1. The summed E-state index contributed by atoms with van der Waals surface area (Å²) in [5.41, 5.74) is -0.273. The highest BCUT2D eigenvalue weighted by Crippen LogP contribution is 2.24. The van der Waals surface area contributed by atoms with Crippen molar-refractivity contribution in [2.75, 3.05) is 6.54 Å². The van der Waals surface area contributed by atoms with Gasteiger partial charge in [0, 0.05) is 12.7 Å². The average molecular weight is 318 g/mol. The van der Waals surface area contributed by atoms with Gasteiger partial charge in [0.05, 0.1) is 5.92 Å². The molecule has 0 radical (unpaired) electrons. The van der Waals surface area contributed by atoms with E-state index in [2.05, 4.69) is 9.71 Å². The van der Waals surface area contributed by atoms with Crippen LogP contribution in [0.25, 0.3) is 0 Å². The Kier molecular flexibility index (Phi) is 5.41. The van der Waals surface area contributed by atoms with Crippen molar-refractivity contribution in [3.8, 4) is 0 Å². The van der Waals surface area contributed by atoms with Crippen LogP contribution in [-0.2, 0) is 14.8 Å². The molecular weight excluding hydrogens is 299 g/mol. The van der Waals surface area contributed by atoms with Gasteiger partial charge >= 0.3 is 5.97 Å². The normalized spacial score (nSPS) is 13.9. The van der Waals surface area contributed by atoms with Crippen molar-refractivity contribution in [3.05, 3.63) is 24.1 Å². The largest absolute Gasteiger partial charge is 0.481 e. The molecule has 0 amide bonds. The van der Waals surface area contributed by atoms with Gasteiger partial charge < -0.3 is 5.11 Å². The zero-order chi connectivity index (χ0) is 16.3. The number of sulfonamides is 1. The molecule has 0 aliphatic carbocycles. The molecule has 6 nitrogen and oxygen atoms in total. The number of halogens is 1. The van der Waals surface area contributed by atoms with Gasteiger partial charge in [-0.1, -0.05) is 20.8 Å². The molecule has 2 N–H and O–H groups in total. The molecule has 0 saturated carbocycles. The van der Waals surface area contributed by atoms with E-state index in [1.807, 2.05) is 20.8 Å². The molecule has 0 aliphatic heterocycles. The van der Waals surface area contributed by atoms with Gasteiger partial charge in [-0.3, -0.25) is 4.79 Å². The van der Waals surface area contributed by atoms with E-state index in [1.165, 1.54) is 6.07 Å². The van der Waals surface area contributed by atoms with Crippen molar-refractivity contribution in [1.82, 2.24) is 9.71 Å².